The molecule has 1 unspecified atom stereocenters. The number of hydrogen-bond acceptors (Lipinski definition) is 2. The zero-order valence-electron chi connectivity index (χ0n) is 13.1. The van der Waals surface area contributed by atoms with Crippen LogP contribution in [0.3, 0.4) is 0 Å². The molecule has 0 aliphatic heterocycles. The topological polar surface area (TPSA) is 42.0 Å². The fourth-order valence-corrected chi connectivity index (χ4v) is 2.35. The van der Waals surface area contributed by atoms with Gasteiger partial charge in [-0.1, -0.05) is 50.2 Å². The van der Waals surface area contributed by atoms with Gasteiger partial charge >= 0.3 is 0 Å². The summed E-state index contributed by atoms with van der Waals surface area (Å²) in [5.74, 6) is 0.701. The number of amides is 1. The quantitative estimate of drug-likeness (QED) is 0.826. The number of rotatable bonds is 6. The molecule has 0 fully saturated rings. The molecule has 22 heavy (non-hydrogen) atoms. The summed E-state index contributed by atoms with van der Waals surface area (Å²) in [4.78, 5) is 16.0. The van der Waals surface area contributed by atoms with Crippen LogP contribution in [-0.2, 0) is 4.79 Å². The van der Waals surface area contributed by atoms with Crippen LogP contribution in [0.1, 0.15) is 30.9 Å². The molecule has 1 atom stereocenters. The van der Waals surface area contributed by atoms with Crippen LogP contribution in [0.15, 0.2) is 60.9 Å². The third-order valence-corrected chi connectivity index (χ3v) is 3.64. The summed E-state index contributed by atoms with van der Waals surface area (Å²) < 4.78 is 0. The third kappa shape index (κ3) is 4.85. The Morgan fingerprint density at radius 3 is 2.59 bits per heavy atom. The normalized spacial score (nSPS) is 12.5. The molecule has 2 aromatic rings. The fraction of sp³-hybridized carbons (Fsp3) is 0.263. The monoisotopic (exact) mass is 294 g/mol. The maximum Gasteiger partial charge on any atom is 0.244 e. The van der Waals surface area contributed by atoms with Crippen molar-refractivity contribution in [3.8, 4) is 0 Å². The maximum absolute atomic E-state index is 12.0. The highest BCUT2D eigenvalue weighted by Crippen LogP contribution is 2.23. The highest BCUT2D eigenvalue weighted by molar-refractivity contribution is 5.91. The Morgan fingerprint density at radius 2 is 1.95 bits per heavy atom. The first-order chi connectivity index (χ1) is 10.7. The molecule has 0 spiro atoms. The number of aromatic nitrogens is 1. The first kappa shape index (κ1) is 16.0. The number of hydrogen-bond donors (Lipinski definition) is 1. The molecule has 0 bridgehead atoms. The lowest BCUT2D eigenvalue weighted by Crippen LogP contribution is -2.29. The van der Waals surface area contributed by atoms with Crippen molar-refractivity contribution in [2.75, 3.05) is 6.54 Å². The molecule has 0 radical (unpaired) electrons. The van der Waals surface area contributed by atoms with Crippen LogP contribution in [-0.4, -0.2) is 17.4 Å². The molecular formula is C19H22N2O. The molecule has 114 valence electrons. The van der Waals surface area contributed by atoms with Crippen LogP contribution >= 0.6 is 0 Å². The van der Waals surface area contributed by atoms with E-state index in [0.717, 1.165) is 5.56 Å². The van der Waals surface area contributed by atoms with Crippen molar-refractivity contribution in [3.63, 3.8) is 0 Å². The second-order valence-electron chi connectivity index (χ2n) is 5.63. The summed E-state index contributed by atoms with van der Waals surface area (Å²) in [5.41, 5.74) is 2.18. The number of carbonyl (C=O) groups excluding carboxylic acids is 1. The van der Waals surface area contributed by atoms with Crippen molar-refractivity contribution in [2.24, 2.45) is 5.92 Å². The van der Waals surface area contributed by atoms with Gasteiger partial charge in [-0.25, -0.2) is 0 Å². The van der Waals surface area contributed by atoms with Crippen molar-refractivity contribution in [1.82, 2.24) is 10.3 Å². The van der Waals surface area contributed by atoms with Gasteiger partial charge in [0.05, 0.1) is 0 Å². The average Bonchev–Trinajstić information content (AvgIpc) is 2.55. The smallest absolute Gasteiger partial charge is 0.244 e. The Hall–Kier alpha value is -2.42. The van der Waals surface area contributed by atoms with Crippen molar-refractivity contribution in [2.45, 2.75) is 19.8 Å². The first-order valence-electron chi connectivity index (χ1n) is 7.57. The predicted octanol–water partition coefficient (Wildman–Crippen LogP) is 3.65. The van der Waals surface area contributed by atoms with E-state index in [4.69, 9.17) is 0 Å². The van der Waals surface area contributed by atoms with Gasteiger partial charge in [-0.05, 0) is 29.2 Å². The van der Waals surface area contributed by atoms with Crippen molar-refractivity contribution in [3.05, 3.63) is 72.1 Å². The number of pyridine rings is 1. The summed E-state index contributed by atoms with van der Waals surface area (Å²) >= 11 is 0. The Bertz CT molecular complexity index is 606. The summed E-state index contributed by atoms with van der Waals surface area (Å²) in [7, 11) is 0. The highest BCUT2D eigenvalue weighted by atomic mass is 16.1. The lowest BCUT2D eigenvalue weighted by molar-refractivity contribution is -0.116. The largest absolute Gasteiger partial charge is 0.352 e. The Balaban J connectivity index is 1.92. The highest BCUT2D eigenvalue weighted by Gasteiger charge is 2.15. The Morgan fingerprint density at radius 1 is 1.18 bits per heavy atom. The van der Waals surface area contributed by atoms with Gasteiger partial charge in [0.15, 0.2) is 0 Å². The second kappa shape index (κ2) is 8.13. The molecule has 1 aromatic carbocycles. The van der Waals surface area contributed by atoms with E-state index in [1.807, 2.05) is 30.3 Å². The van der Waals surface area contributed by atoms with Crippen LogP contribution in [0.4, 0.5) is 0 Å². The van der Waals surface area contributed by atoms with Crippen molar-refractivity contribution < 1.29 is 4.79 Å². The minimum atomic E-state index is -0.0783. The van der Waals surface area contributed by atoms with Gasteiger partial charge < -0.3 is 5.32 Å². The molecule has 1 amide bonds. The first-order valence-corrected chi connectivity index (χ1v) is 7.57. The van der Waals surface area contributed by atoms with Crippen LogP contribution in [0.25, 0.3) is 6.08 Å². The van der Waals surface area contributed by atoms with Gasteiger partial charge in [0, 0.05) is 30.9 Å². The van der Waals surface area contributed by atoms with Gasteiger partial charge in [-0.3, -0.25) is 9.78 Å². The van der Waals surface area contributed by atoms with Gasteiger partial charge in [0.2, 0.25) is 5.91 Å². The summed E-state index contributed by atoms with van der Waals surface area (Å²) in [6.07, 6.45) is 6.77. The van der Waals surface area contributed by atoms with Crippen LogP contribution in [0.2, 0.25) is 0 Å². The maximum atomic E-state index is 12.0. The minimum Gasteiger partial charge on any atom is -0.352 e. The Labute approximate surface area is 132 Å². The average molecular weight is 294 g/mol. The predicted molar refractivity (Wildman–Crippen MR) is 90.3 cm³/mol. The SMILES string of the molecule is CC(C)C(CNC(=O)/C=C/c1cccnc1)c1ccccc1. The Kier molecular flexibility index (Phi) is 5.90. The molecule has 1 aromatic heterocycles. The zero-order chi connectivity index (χ0) is 15.8. The summed E-state index contributed by atoms with van der Waals surface area (Å²) in [6, 6.07) is 14.1. The molecule has 3 nitrogen and oxygen atoms in total. The molecule has 0 saturated carbocycles. The van der Waals surface area contributed by atoms with E-state index in [2.05, 4.69) is 36.3 Å². The van der Waals surface area contributed by atoms with E-state index in [0.29, 0.717) is 18.4 Å². The second-order valence-corrected chi connectivity index (χ2v) is 5.63. The number of carbonyl (C=O) groups is 1. The van der Waals surface area contributed by atoms with E-state index in [-0.39, 0.29) is 5.91 Å². The zero-order valence-corrected chi connectivity index (χ0v) is 13.1. The molecule has 2 rings (SSSR count). The molecule has 0 aliphatic carbocycles. The van der Waals surface area contributed by atoms with Crippen LogP contribution in [0.5, 0.6) is 0 Å². The van der Waals surface area contributed by atoms with Crippen molar-refractivity contribution >= 4 is 12.0 Å². The van der Waals surface area contributed by atoms with Gasteiger partial charge in [-0.2, -0.15) is 0 Å². The molecule has 0 saturated heterocycles. The van der Waals surface area contributed by atoms with Crippen molar-refractivity contribution in [1.29, 1.82) is 0 Å². The summed E-state index contributed by atoms with van der Waals surface area (Å²) in [5, 5.41) is 2.99. The van der Waals surface area contributed by atoms with Gasteiger partial charge in [-0.15, -0.1) is 0 Å². The molecular weight excluding hydrogens is 272 g/mol. The van der Waals surface area contributed by atoms with Gasteiger partial charge in [0.25, 0.3) is 0 Å². The summed E-state index contributed by atoms with van der Waals surface area (Å²) in [6.45, 7) is 4.99. The molecule has 3 heteroatoms. The van der Waals surface area contributed by atoms with Crippen LogP contribution < -0.4 is 5.32 Å². The number of nitrogens with zero attached hydrogens (tertiary/aromatic N) is 1. The number of benzene rings is 1. The lowest BCUT2D eigenvalue weighted by Gasteiger charge is -2.21. The molecule has 0 aliphatic rings. The van der Waals surface area contributed by atoms with E-state index < -0.39 is 0 Å². The molecule has 1 N–H and O–H groups in total. The van der Waals surface area contributed by atoms with E-state index in [1.54, 1.807) is 24.5 Å². The van der Waals surface area contributed by atoms with E-state index in [9.17, 15) is 4.79 Å². The third-order valence-electron chi connectivity index (χ3n) is 3.64. The standard InChI is InChI=1S/C19H22N2O/c1-15(2)18(17-8-4-3-5-9-17)14-21-19(22)11-10-16-7-6-12-20-13-16/h3-13,15,18H,14H2,1-2H3,(H,21,22)/b11-10+. The van der Waals surface area contributed by atoms with Gasteiger partial charge in [0.1, 0.15) is 0 Å². The van der Waals surface area contributed by atoms with Crippen LogP contribution in [0, 0.1) is 5.92 Å². The van der Waals surface area contributed by atoms with E-state index >= 15 is 0 Å². The fourth-order valence-electron chi connectivity index (χ4n) is 2.35. The van der Waals surface area contributed by atoms with E-state index in [1.165, 1.54) is 5.56 Å². The lowest BCUT2D eigenvalue weighted by atomic mass is 9.88. The molecule has 1 heterocycles. The minimum absolute atomic E-state index is 0.0783. The number of nitrogens with one attached hydrogen (secondary N) is 1.